The highest BCUT2D eigenvalue weighted by molar-refractivity contribution is 5.81. The van der Waals surface area contributed by atoms with Gasteiger partial charge in [-0.3, -0.25) is 4.79 Å². The summed E-state index contributed by atoms with van der Waals surface area (Å²) in [4.78, 5) is 10.9. The Balaban J connectivity index is 2.32. The lowest BCUT2D eigenvalue weighted by molar-refractivity contribution is -0.137. The normalized spacial score (nSPS) is 26.1. The quantitative estimate of drug-likeness (QED) is 0.514. The van der Waals surface area contributed by atoms with Crippen LogP contribution in [0.4, 0.5) is 0 Å². The Kier molecular flexibility index (Phi) is 2.65. The Labute approximate surface area is 59.7 Å². The van der Waals surface area contributed by atoms with Gasteiger partial charge in [-0.05, 0) is 13.0 Å². The monoisotopic (exact) mass is 144 g/mol. The van der Waals surface area contributed by atoms with Crippen molar-refractivity contribution in [1.29, 1.82) is 0 Å². The molecule has 0 aromatic carbocycles. The number of amides is 1. The highest BCUT2D eigenvalue weighted by atomic mass is 16.5. The molecule has 0 spiro atoms. The number of morpholine rings is 1. The van der Waals surface area contributed by atoms with Gasteiger partial charge in [0.1, 0.15) is 6.10 Å². The number of carbonyl (C=O) groups excluding carboxylic acids is 1. The van der Waals surface area contributed by atoms with E-state index in [2.05, 4.69) is 5.32 Å². The lowest BCUT2D eigenvalue weighted by Crippen LogP contribution is -2.45. The van der Waals surface area contributed by atoms with Crippen molar-refractivity contribution in [2.45, 2.75) is 12.5 Å². The maximum atomic E-state index is 10.9. The molecule has 1 amide bonds. The molecule has 1 heterocycles. The third-order valence-corrected chi connectivity index (χ3v) is 1.44. The van der Waals surface area contributed by atoms with E-state index in [0.29, 0.717) is 26.1 Å². The molecule has 1 aliphatic rings. The number of hydrogen-bond donors (Lipinski definition) is 2. The van der Waals surface area contributed by atoms with Crippen molar-refractivity contribution in [3.8, 4) is 0 Å². The smallest absolute Gasteiger partial charge is 0.249 e. The van der Waals surface area contributed by atoms with Crippen LogP contribution in [-0.2, 0) is 9.53 Å². The van der Waals surface area contributed by atoms with E-state index in [-0.39, 0.29) is 12.0 Å². The highest BCUT2D eigenvalue weighted by Gasteiger charge is 2.20. The fraction of sp³-hybridized carbons (Fsp3) is 0.833. The van der Waals surface area contributed by atoms with E-state index in [1.54, 1.807) is 0 Å². The van der Waals surface area contributed by atoms with Gasteiger partial charge in [0, 0.05) is 6.54 Å². The van der Waals surface area contributed by atoms with Crippen LogP contribution < -0.4 is 11.1 Å². The van der Waals surface area contributed by atoms with Crippen molar-refractivity contribution in [3.63, 3.8) is 0 Å². The lowest BCUT2D eigenvalue weighted by Gasteiger charge is -2.21. The summed E-state index contributed by atoms with van der Waals surface area (Å²) in [5, 5.41) is 2.70. The molecule has 1 saturated heterocycles. The maximum absolute atomic E-state index is 10.9. The number of nitrogens with two attached hydrogens (primary N) is 1. The number of nitrogens with one attached hydrogen (secondary N) is 1. The zero-order valence-electron chi connectivity index (χ0n) is 5.80. The van der Waals surface area contributed by atoms with Crippen molar-refractivity contribution >= 4 is 5.91 Å². The third-order valence-electron chi connectivity index (χ3n) is 1.44. The van der Waals surface area contributed by atoms with Gasteiger partial charge in [-0.15, -0.1) is 0 Å². The first-order valence-electron chi connectivity index (χ1n) is 3.44. The zero-order chi connectivity index (χ0) is 7.40. The topological polar surface area (TPSA) is 64.3 Å². The molecular formula is C6H12N2O2. The summed E-state index contributed by atoms with van der Waals surface area (Å²) in [5.41, 5.74) is 5.26. The van der Waals surface area contributed by atoms with Crippen molar-refractivity contribution in [3.05, 3.63) is 0 Å². The SMILES string of the molecule is NCCC1OCCNC1=O. The first-order valence-corrected chi connectivity index (χ1v) is 3.44. The lowest BCUT2D eigenvalue weighted by atomic mass is 10.2. The summed E-state index contributed by atoms with van der Waals surface area (Å²) in [6, 6.07) is 0. The Bertz CT molecular complexity index is 125. The minimum Gasteiger partial charge on any atom is -0.367 e. The largest absolute Gasteiger partial charge is 0.367 e. The van der Waals surface area contributed by atoms with Crippen LogP contribution in [0.3, 0.4) is 0 Å². The van der Waals surface area contributed by atoms with Crippen LogP contribution in [0, 0.1) is 0 Å². The van der Waals surface area contributed by atoms with Crippen LogP contribution in [0.15, 0.2) is 0 Å². The summed E-state index contributed by atoms with van der Waals surface area (Å²) in [6.07, 6.45) is 0.310. The van der Waals surface area contributed by atoms with Gasteiger partial charge in [-0.2, -0.15) is 0 Å². The van der Waals surface area contributed by atoms with Gasteiger partial charge in [0.05, 0.1) is 6.61 Å². The Morgan fingerprint density at radius 1 is 1.80 bits per heavy atom. The molecule has 4 heteroatoms. The number of ether oxygens (including phenoxy) is 1. The fourth-order valence-electron chi connectivity index (χ4n) is 0.931. The second-order valence-electron chi connectivity index (χ2n) is 2.23. The van der Waals surface area contributed by atoms with Crippen LogP contribution in [0.25, 0.3) is 0 Å². The van der Waals surface area contributed by atoms with E-state index in [1.807, 2.05) is 0 Å². The first kappa shape index (κ1) is 7.50. The minimum atomic E-state index is -0.307. The summed E-state index contributed by atoms with van der Waals surface area (Å²) >= 11 is 0. The maximum Gasteiger partial charge on any atom is 0.249 e. The molecule has 1 atom stereocenters. The van der Waals surface area contributed by atoms with E-state index in [9.17, 15) is 4.79 Å². The average Bonchev–Trinajstić information content (AvgIpc) is 1.94. The van der Waals surface area contributed by atoms with Crippen LogP contribution >= 0.6 is 0 Å². The van der Waals surface area contributed by atoms with E-state index >= 15 is 0 Å². The Morgan fingerprint density at radius 2 is 2.60 bits per heavy atom. The summed E-state index contributed by atoms with van der Waals surface area (Å²) in [6.45, 7) is 1.73. The molecule has 0 saturated carbocycles. The highest BCUT2D eigenvalue weighted by Crippen LogP contribution is 2.00. The van der Waals surface area contributed by atoms with E-state index in [4.69, 9.17) is 10.5 Å². The summed E-state index contributed by atoms with van der Waals surface area (Å²) in [5.74, 6) is -0.0308. The third kappa shape index (κ3) is 1.68. The molecule has 1 fully saturated rings. The second kappa shape index (κ2) is 3.53. The molecule has 0 aromatic heterocycles. The zero-order valence-corrected chi connectivity index (χ0v) is 5.80. The predicted molar refractivity (Wildman–Crippen MR) is 36.4 cm³/mol. The van der Waals surface area contributed by atoms with Crippen LogP contribution in [-0.4, -0.2) is 31.7 Å². The second-order valence-corrected chi connectivity index (χ2v) is 2.23. The van der Waals surface area contributed by atoms with E-state index < -0.39 is 0 Å². The molecule has 3 N–H and O–H groups in total. The fourth-order valence-corrected chi connectivity index (χ4v) is 0.931. The Hall–Kier alpha value is -0.610. The number of rotatable bonds is 2. The molecule has 0 radical (unpaired) electrons. The number of carbonyl (C=O) groups is 1. The Morgan fingerprint density at radius 3 is 3.20 bits per heavy atom. The predicted octanol–water partition coefficient (Wildman–Crippen LogP) is -1.15. The first-order chi connectivity index (χ1) is 4.84. The van der Waals surface area contributed by atoms with Gasteiger partial charge in [-0.1, -0.05) is 0 Å². The van der Waals surface area contributed by atoms with Gasteiger partial charge in [0.15, 0.2) is 0 Å². The number of hydrogen-bond acceptors (Lipinski definition) is 3. The standard InChI is InChI=1S/C6H12N2O2/c7-2-1-5-6(9)8-3-4-10-5/h5H,1-4,7H2,(H,8,9). The summed E-state index contributed by atoms with van der Waals surface area (Å²) in [7, 11) is 0. The van der Waals surface area contributed by atoms with Crippen molar-refractivity contribution < 1.29 is 9.53 Å². The van der Waals surface area contributed by atoms with E-state index in [1.165, 1.54) is 0 Å². The van der Waals surface area contributed by atoms with Crippen molar-refractivity contribution in [2.24, 2.45) is 5.73 Å². The van der Waals surface area contributed by atoms with Gasteiger partial charge in [-0.25, -0.2) is 0 Å². The van der Waals surface area contributed by atoms with Crippen molar-refractivity contribution in [1.82, 2.24) is 5.32 Å². The van der Waals surface area contributed by atoms with Crippen LogP contribution in [0.1, 0.15) is 6.42 Å². The van der Waals surface area contributed by atoms with Gasteiger partial charge in [0.25, 0.3) is 0 Å². The molecule has 1 rings (SSSR count). The van der Waals surface area contributed by atoms with E-state index in [0.717, 1.165) is 0 Å². The van der Waals surface area contributed by atoms with Gasteiger partial charge < -0.3 is 15.8 Å². The van der Waals surface area contributed by atoms with Crippen molar-refractivity contribution in [2.75, 3.05) is 19.7 Å². The molecule has 0 aliphatic carbocycles. The molecular weight excluding hydrogens is 132 g/mol. The van der Waals surface area contributed by atoms with Crippen LogP contribution in [0.5, 0.6) is 0 Å². The average molecular weight is 144 g/mol. The molecule has 4 nitrogen and oxygen atoms in total. The van der Waals surface area contributed by atoms with Crippen LogP contribution in [0.2, 0.25) is 0 Å². The molecule has 10 heavy (non-hydrogen) atoms. The molecule has 1 aliphatic heterocycles. The molecule has 1 unspecified atom stereocenters. The van der Waals surface area contributed by atoms with Gasteiger partial charge in [0.2, 0.25) is 5.91 Å². The molecule has 0 bridgehead atoms. The van der Waals surface area contributed by atoms with Gasteiger partial charge >= 0.3 is 0 Å². The minimum absolute atomic E-state index is 0.0308. The molecule has 0 aromatic rings. The summed E-state index contributed by atoms with van der Waals surface area (Å²) < 4.78 is 5.14. The molecule has 58 valence electrons.